The molecule has 1 aromatic rings. The number of hydroxylamine groups is 2. The van der Waals surface area contributed by atoms with Crippen LogP contribution >= 0.6 is 0 Å². The van der Waals surface area contributed by atoms with E-state index in [9.17, 15) is 0 Å². The summed E-state index contributed by atoms with van der Waals surface area (Å²) in [5.74, 6) is 0.872. The van der Waals surface area contributed by atoms with Gasteiger partial charge in [-0.15, -0.1) is 5.06 Å². The highest BCUT2D eigenvalue weighted by Crippen LogP contribution is 2.43. The molecule has 15 heavy (non-hydrogen) atoms. The Morgan fingerprint density at radius 2 is 2.07 bits per heavy atom. The lowest BCUT2D eigenvalue weighted by molar-refractivity contribution is 0.101. The van der Waals surface area contributed by atoms with Crippen LogP contribution < -0.4 is 4.74 Å². The zero-order valence-electron chi connectivity index (χ0n) is 9.65. The van der Waals surface area contributed by atoms with Gasteiger partial charge in [-0.05, 0) is 32.9 Å². The van der Waals surface area contributed by atoms with E-state index in [1.165, 1.54) is 0 Å². The summed E-state index contributed by atoms with van der Waals surface area (Å²) in [5, 5.41) is 1.99. The highest BCUT2D eigenvalue weighted by molar-refractivity contribution is 5.30. The van der Waals surface area contributed by atoms with Crippen LogP contribution in [0.4, 0.5) is 0 Å². The van der Waals surface area contributed by atoms with Gasteiger partial charge >= 0.3 is 0 Å². The molecule has 1 heterocycles. The molecule has 1 aliphatic heterocycles. The normalized spacial score (nSPS) is 25.1. The zero-order valence-corrected chi connectivity index (χ0v) is 9.65. The SMILES string of the molecule is COc1cccc(C2ON2C(C)(C)C)c1. The van der Waals surface area contributed by atoms with Crippen LogP contribution in [-0.2, 0) is 4.84 Å². The van der Waals surface area contributed by atoms with Crippen LogP contribution in [0.3, 0.4) is 0 Å². The smallest absolute Gasteiger partial charge is 0.180 e. The van der Waals surface area contributed by atoms with Crippen molar-refractivity contribution in [3.63, 3.8) is 0 Å². The van der Waals surface area contributed by atoms with Gasteiger partial charge in [0, 0.05) is 11.1 Å². The molecule has 2 rings (SSSR count). The van der Waals surface area contributed by atoms with E-state index >= 15 is 0 Å². The second kappa shape index (κ2) is 3.51. The lowest BCUT2D eigenvalue weighted by atomic mass is 10.1. The van der Waals surface area contributed by atoms with Crippen LogP contribution in [0, 0.1) is 0 Å². The van der Waals surface area contributed by atoms with E-state index < -0.39 is 0 Å². The topological polar surface area (TPSA) is 24.8 Å². The van der Waals surface area contributed by atoms with Crippen molar-refractivity contribution in [1.29, 1.82) is 0 Å². The second-order valence-corrected chi connectivity index (χ2v) is 4.73. The van der Waals surface area contributed by atoms with Crippen molar-refractivity contribution in [3.8, 4) is 5.75 Å². The maximum atomic E-state index is 5.54. The first kappa shape index (κ1) is 10.5. The number of ether oxygens (including phenoxy) is 1. The standard InChI is InChI=1S/C12H17NO2/c1-12(2,3)13-11(15-13)9-6-5-7-10(8-9)14-4/h5-8,11H,1-4H3. The average Bonchev–Trinajstić information content (AvgIpc) is 2.96. The minimum Gasteiger partial charge on any atom is -0.497 e. The molecule has 0 saturated carbocycles. The molecule has 3 nitrogen and oxygen atoms in total. The first-order valence-corrected chi connectivity index (χ1v) is 5.12. The van der Waals surface area contributed by atoms with E-state index in [0.717, 1.165) is 11.3 Å². The molecule has 0 radical (unpaired) electrons. The molecule has 0 aliphatic carbocycles. The number of methoxy groups -OCH3 is 1. The van der Waals surface area contributed by atoms with Crippen molar-refractivity contribution in [2.45, 2.75) is 32.5 Å². The number of rotatable bonds is 2. The summed E-state index contributed by atoms with van der Waals surface area (Å²) in [6.45, 7) is 6.40. The molecule has 1 aliphatic rings. The summed E-state index contributed by atoms with van der Waals surface area (Å²) in [7, 11) is 1.67. The van der Waals surface area contributed by atoms with Gasteiger partial charge in [-0.25, -0.2) is 0 Å². The van der Waals surface area contributed by atoms with Crippen LogP contribution in [0.15, 0.2) is 24.3 Å². The fourth-order valence-corrected chi connectivity index (χ4v) is 1.58. The Balaban J connectivity index is 2.13. The van der Waals surface area contributed by atoms with Crippen molar-refractivity contribution in [3.05, 3.63) is 29.8 Å². The molecule has 82 valence electrons. The third-order valence-corrected chi connectivity index (χ3v) is 2.42. The number of benzene rings is 1. The van der Waals surface area contributed by atoms with E-state index in [1.807, 2.05) is 23.3 Å². The molecule has 1 aromatic carbocycles. The number of hydrogen-bond acceptors (Lipinski definition) is 3. The molecule has 3 heteroatoms. The highest BCUT2D eigenvalue weighted by atomic mass is 16.8. The predicted molar refractivity (Wildman–Crippen MR) is 58.4 cm³/mol. The van der Waals surface area contributed by atoms with Gasteiger partial charge in [0.2, 0.25) is 0 Å². The molecular weight excluding hydrogens is 190 g/mol. The minimum atomic E-state index is 0.0493. The van der Waals surface area contributed by atoms with Gasteiger partial charge in [0.05, 0.1) is 7.11 Å². The van der Waals surface area contributed by atoms with E-state index in [-0.39, 0.29) is 11.8 Å². The molecular formula is C12H17NO2. The van der Waals surface area contributed by atoms with Gasteiger partial charge in [0.15, 0.2) is 6.23 Å². The molecule has 0 N–H and O–H groups in total. The highest BCUT2D eigenvalue weighted by Gasteiger charge is 2.45. The first-order chi connectivity index (χ1) is 7.02. The first-order valence-electron chi connectivity index (χ1n) is 5.12. The van der Waals surface area contributed by atoms with E-state index in [0.29, 0.717) is 0 Å². The van der Waals surface area contributed by atoms with Crippen LogP contribution in [0.5, 0.6) is 5.75 Å². The monoisotopic (exact) mass is 207 g/mol. The largest absolute Gasteiger partial charge is 0.497 e. The minimum absolute atomic E-state index is 0.0493. The van der Waals surface area contributed by atoms with Gasteiger partial charge in [-0.3, -0.25) is 4.84 Å². The number of hydrogen-bond donors (Lipinski definition) is 0. The van der Waals surface area contributed by atoms with Gasteiger partial charge in [0.1, 0.15) is 5.75 Å². The predicted octanol–water partition coefficient (Wildman–Crippen LogP) is 2.74. The Morgan fingerprint density at radius 3 is 2.60 bits per heavy atom. The zero-order chi connectivity index (χ0) is 11.1. The Kier molecular flexibility index (Phi) is 2.44. The third kappa shape index (κ3) is 2.13. The Bertz CT molecular complexity index is 357. The lowest BCUT2D eigenvalue weighted by Gasteiger charge is -2.16. The van der Waals surface area contributed by atoms with E-state index in [4.69, 9.17) is 9.57 Å². The van der Waals surface area contributed by atoms with Gasteiger partial charge in [-0.1, -0.05) is 12.1 Å². The molecule has 1 saturated heterocycles. The van der Waals surface area contributed by atoms with Crippen LogP contribution in [0.2, 0.25) is 0 Å². The maximum Gasteiger partial charge on any atom is 0.180 e. The van der Waals surface area contributed by atoms with E-state index in [2.05, 4.69) is 26.8 Å². The Labute approximate surface area is 90.6 Å². The summed E-state index contributed by atoms with van der Waals surface area (Å²) < 4.78 is 5.18. The maximum absolute atomic E-state index is 5.54. The number of nitrogens with zero attached hydrogens (tertiary/aromatic N) is 1. The van der Waals surface area contributed by atoms with Crippen molar-refractivity contribution in [2.75, 3.05) is 7.11 Å². The quantitative estimate of drug-likeness (QED) is 0.697. The van der Waals surface area contributed by atoms with Gasteiger partial charge in [0.25, 0.3) is 0 Å². The Hall–Kier alpha value is -1.06. The molecule has 1 fully saturated rings. The van der Waals surface area contributed by atoms with Gasteiger partial charge < -0.3 is 4.74 Å². The summed E-state index contributed by atoms with van der Waals surface area (Å²) in [6.07, 6.45) is 0.0834. The van der Waals surface area contributed by atoms with Gasteiger partial charge in [-0.2, -0.15) is 0 Å². The van der Waals surface area contributed by atoms with Crippen LogP contribution in [0.1, 0.15) is 32.6 Å². The summed E-state index contributed by atoms with van der Waals surface area (Å²) in [4.78, 5) is 5.54. The summed E-state index contributed by atoms with van der Waals surface area (Å²) in [5.41, 5.74) is 1.19. The molecule has 0 amide bonds. The summed E-state index contributed by atoms with van der Waals surface area (Å²) >= 11 is 0. The average molecular weight is 207 g/mol. The molecule has 0 spiro atoms. The van der Waals surface area contributed by atoms with E-state index in [1.54, 1.807) is 7.11 Å². The molecule has 0 bridgehead atoms. The van der Waals surface area contributed by atoms with Crippen molar-refractivity contribution >= 4 is 0 Å². The summed E-state index contributed by atoms with van der Waals surface area (Å²) in [6, 6.07) is 7.99. The fourth-order valence-electron chi connectivity index (χ4n) is 1.58. The van der Waals surface area contributed by atoms with Crippen LogP contribution in [0.25, 0.3) is 0 Å². The van der Waals surface area contributed by atoms with Crippen molar-refractivity contribution in [1.82, 2.24) is 5.06 Å². The third-order valence-electron chi connectivity index (χ3n) is 2.42. The molecule has 0 aromatic heterocycles. The van der Waals surface area contributed by atoms with Crippen molar-refractivity contribution in [2.24, 2.45) is 0 Å². The molecule has 2 atom stereocenters. The Morgan fingerprint density at radius 1 is 1.33 bits per heavy atom. The molecule has 2 unspecified atom stereocenters. The van der Waals surface area contributed by atoms with Crippen LogP contribution in [-0.4, -0.2) is 17.7 Å². The van der Waals surface area contributed by atoms with Crippen molar-refractivity contribution < 1.29 is 9.57 Å². The second-order valence-electron chi connectivity index (χ2n) is 4.73. The lowest BCUT2D eigenvalue weighted by Crippen LogP contribution is -2.25. The fraction of sp³-hybridized carbons (Fsp3) is 0.500.